The molecule has 0 aromatic carbocycles. The van der Waals surface area contributed by atoms with Crippen LogP contribution >= 0.6 is 0 Å². The zero-order valence-electron chi connectivity index (χ0n) is 9.60. The Morgan fingerprint density at radius 3 is 3.06 bits per heavy atom. The first kappa shape index (κ1) is 11.5. The maximum atomic E-state index is 6.01. The van der Waals surface area contributed by atoms with Crippen LogP contribution < -0.4 is 5.73 Å². The molecule has 2 atom stereocenters. The van der Waals surface area contributed by atoms with Gasteiger partial charge in [0.1, 0.15) is 11.6 Å². The number of hydrogen-bond donors (Lipinski definition) is 1. The van der Waals surface area contributed by atoms with Crippen molar-refractivity contribution in [1.29, 1.82) is 0 Å². The summed E-state index contributed by atoms with van der Waals surface area (Å²) in [7, 11) is 1.59. The maximum Gasteiger partial charge on any atom is 0.255 e. The minimum absolute atomic E-state index is 0.0698. The van der Waals surface area contributed by atoms with E-state index < -0.39 is 5.54 Å². The van der Waals surface area contributed by atoms with Crippen LogP contribution in [0.1, 0.15) is 37.6 Å². The first-order valence-electron chi connectivity index (χ1n) is 5.37. The van der Waals surface area contributed by atoms with Gasteiger partial charge in [-0.2, -0.15) is 4.98 Å². The van der Waals surface area contributed by atoms with Crippen LogP contribution in [-0.2, 0) is 15.0 Å². The summed E-state index contributed by atoms with van der Waals surface area (Å²) in [4.78, 5) is 4.27. The fraction of sp³-hybridized carbons (Fsp3) is 0.800. The van der Waals surface area contributed by atoms with E-state index in [4.69, 9.17) is 19.7 Å². The Morgan fingerprint density at radius 1 is 1.62 bits per heavy atom. The van der Waals surface area contributed by atoms with Gasteiger partial charge in [-0.15, -0.1) is 0 Å². The lowest BCUT2D eigenvalue weighted by Crippen LogP contribution is -2.39. The van der Waals surface area contributed by atoms with Gasteiger partial charge in [-0.3, -0.25) is 0 Å². The number of hydrogen-bond acceptors (Lipinski definition) is 6. The first-order chi connectivity index (χ1) is 7.63. The van der Waals surface area contributed by atoms with Crippen molar-refractivity contribution in [1.82, 2.24) is 10.1 Å². The largest absolute Gasteiger partial charge is 0.382 e. The quantitative estimate of drug-likeness (QED) is 0.816. The predicted molar refractivity (Wildman–Crippen MR) is 55.6 cm³/mol. The van der Waals surface area contributed by atoms with Crippen LogP contribution in [0.15, 0.2) is 4.52 Å². The molecule has 6 nitrogen and oxygen atoms in total. The van der Waals surface area contributed by atoms with E-state index >= 15 is 0 Å². The smallest absolute Gasteiger partial charge is 0.255 e. The molecule has 0 bridgehead atoms. The molecule has 0 spiro atoms. The van der Waals surface area contributed by atoms with Gasteiger partial charge in [0.05, 0.1) is 6.61 Å². The Kier molecular flexibility index (Phi) is 3.22. The zero-order valence-corrected chi connectivity index (χ0v) is 9.60. The van der Waals surface area contributed by atoms with Crippen molar-refractivity contribution in [2.75, 3.05) is 20.3 Å². The van der Waals surface area contributed by atoms with Crippen LogP contribution in [0.4, 0.5) is 0 Å². The highest BCUT2D eigenvalue weighted by atomic mass is 16.5. The fourth-order valence-electron chi connectivity index (χ4n) is 1.73. The number of nitrogens with two attached hydrogens (primary N) is 1. The standard InChI is InChI=1S/C10H17N3O3/c1-10(11,6-14-2)9-12-8(16-13-9)7-4-3-5-15-7/h7H,3-6,11H2,1-2H3. The molecule has 1 aromatic heterocycles. The molecular formula is C10H17N3O3. The molecular weight excluding hydrogens is 210 g/mol. The third kappa shape index (κ3) is 2.23. The number of aromatic nitrogens is 2. The highest BCUT2D eigenvalue weighted by Crippen LogP contribution is 2.28. The lowest BCUT2D eigenvalue weighted by atomic mass is 10.1. The molecule has 0 radical (unpaired) electrons. The van der Waals surface area contributed by atoms with Gasteiger partial charge >= 0.3 is 0 Å². The van der Waals surface area contributed by atoms with E-state index in [1.54, 1.807) is 14.0 Å². The van der Waals surface area contributed by atoms with E-state index in [-0.39, 0.29) is 6.10 Å². The van der Waals surface area contributed by atoms with Crippen molar-refractivity contribution in [3.63, 3.8) is 0 Å². The molecule has 2 unspecified atom stereocenters. The molecule has 1 fully saturated rings. The van der Waals surface area contributed by atoms with Crippen LogP contribution in [0.3, 0.4) is 0 Å². The summed E-state index contributed by atoms with van der Waals surface area (Å²) in [5.41, 5.74) is 5.28. The molecule has 16 heavy (non-hydrogen) atoms. The molecule has 0 amide bonds. The fourth-order valence-corrected chi connectivity index (χ4v) is 1.73. The molecule has 1 aromatic rings. The Bertz CT molecular complexity index is 345. The average molecular weight is 227 g/mol. The Morgan fingerprint density at radius 2 is 2.44 bits per heavy atom. The summed E-state index contributed by atoms with van der Waals surface area (Å²) in [5.74, 6) is 0.972. The first-order valence-corrected chi connectivity index (χ1v) is 5.37. The molecule has 0 saturated carbocycles. The summed E-state index contributed by atoms with van der Waals surface area (Å²) in [6.07, 6.45) is 1.88. The lowest BCUT2D eigenvalue weighted by Gasteiger charge is -2.18. The van der Waals surface area contributed by atoms with Crippen molar-refractivity contribution in [3.8, 4) is 0 Å². The summed E-state index contributed by atoms with van der Waals surface area (Å²) in [6.45, 7) is 2.90. The van der Waals surface area contributed by atoms with Gasteiger partial charge in [-0.05, 0) is 19.8 Å². The second-order valence-electron chi connectivity index (χ2n) is 4.31. The molecule has 2 rings (SSSR count). The van der Waals surface area contributed by atoms with Gasteiger partial charge in [-0.25, -0.2) is 0 Å². The van der Waals surface area contributed by atoms with E-state index in [1.807, 2.05) is 0 Å². The van der Waals surface area contributed by atoms with Crippen molar-refractivity contribution in [3.05, 3.63) is 11.7 Å². The van der Waals surface area contributed by atoms with Crippen molar-refractivity contribution < 1.29 is 14.0 Å². The van der Waals surface area contributed by atoms with Gasteiger partial charge in [0, 0.05) is 13.7 Å². The third-order valence-corrected chi connectivity index (χ3v) is 2.60. The van der Waals surface area contributed by atoms with Gasteiger partial charge in [-0.1, -0.05) is 5.16 Å². The second-order valence-corrected chi connectivity index (χ2v) is 4.31. The lowest BCUT2D eigenvalue weighted by molar-refractivity contribution is 0.0835. The van der Waals surface area contributed by atoms with Gasteiger partial charge in [0.2, 0.25) is 0 Å². The number of ether oxygens (including phenoxy) is 2. The van der Waals surface area contributed by atoms with Crippen LogP contribution in [0.5, 0.6) is 0 Å². The molecule has 2 N–H and O–H groups in total. The number of methoxy groups -OCH3 is 1. The summed E-state index contributed by atoms with van der Waals surface area (Å²) < 4.78 is 15.6. The second kappa shape index (κ2) is 4.48. The van der Waals surface area contributed by atoms with Crippen LogP contribution in [0, 0.1) is 0 Å². The zero-order chi connectivity index (χ0) is 11.6. The molecule has 90 valence electrons. The van der Waals surface area contributed by atoms with E-state index in [0.717, 1.165) is 19.4 Å². The monoisotopic (exact) mass is 227 g/mol. The van der Waals surface area contributed by atoms with Crippen LogP contribution in [-0.4, -0.2) is 30.5 Å². The SMILES string of the molecule is COCC(C)(N)c1noc(C2CCCO2)n1. The van der Waals surface area contributed by atoms with Crippen LogP contribution in [0.2, 0.25) is 0 Å². The minimum atomic E-state index is -0.727. The van der Waals surface area contributed by atoms with Gasteiger partial charge in [0.25, 0.3) is 5.89 Å². The molecule has 1 aliphatic rings. The van der Waals surface area contributed by atoms with Crippen molar-refractivity contribution in [2.24, 2.45) is 5.73 Å². The van der Waals surface area contributed by atoms with Crippen molar-refractivity contribution >= 4 is 0 Å². The van der Waals surface area contributed by atoms with E-state index in [9.17, 15) is 0 Å². The minimum Gasteiger partial charge on any atom is -0.382 e. The molecule has 1 aliphatic heterocycles. The third-order valence-electron chi connectivity index (χ3n) is 2.60. The molecule has 1 saturated heterocycles. The summed E-state index contributed by atoms with van der Waals surface area (Å²) in [5, 5.41) is 3.88. The molecule has 2 heterocycles. The average Bonchev–Trinajstić information content (AvgIpc) is 2.89. The number of rotatable bonds is 4. The highest BCUT2D eigenvalue weighted by molar-refractivity contribution is 5.03. The number of nitrogens with zero attached hydrogens (tertiary/aromatic N) is 2. The maximum absolute atomic E-state index is 6.01. The topological polar surface area (TPSA) is 83.4 Å². The van der Waals surface area contributed by atoms with E-state index in [0.29, 0.717) is 18.3 Å². The van der Waals surface area contributed by atoms with Gasteiger partial charge in [0.15, 0.2) is 5.82 Å². The summed E-state index contributed by atoms with van der Waals surface area (Å²) >= 11 is 0. The molecule has 0 aliphatic carbocycles. The van der Waals surface area contributed by atoms with Crippen molar-refractivity contribution in [2.45, 2.75) is 31.4 Å². The van der Waals surface area contributed by atoms with E-state index in [2.05, 4.69) is 10.1 Å². The van der Waals surface area contributed by atoms with Crippen LogP contribution in [0.25, 0.3) is 0 Å². The Hall–Kier alpha value is -0.980. The van der Waals surface area contributed by atoms with Gasteiger partial charge < -0.3 is 19.7 Å². The predicted octanol–water partition coefficient (Wildman–Crippen LogP) is 0.741. The molecule has 6 heteroatoms. The van der Waals surface area contributed by atoms with E-state index in [1.165, 1.54) is 0 Å². The Labute approximate surface area is 94.1 Å². The normalized spacial score (nSPS) is 24.6. The summed E-state index contributed by atoms with van der Waals surface area (Å²) in [6, 6.07) is 0. The Balaban J connectivity index is 2.12. The highest BCUT2D eigenvalue weighted by Gasteiger charge is 2.30.